The predicted molar refractivity (Wildman–Crippen MR) is 80.0 cm³/mol. The first-order valence-corrected chi connectivity index (χ1v) is 7.30. The fourth-order valence-electron chi connectivity index (χ4n) is 2.44. The highest BCUT2D eigenvalue weighted by molar-refractivity contribution is 5.78. The van der Waals surface area contributed by atoms with Gasteiger partial charge in [0.05, 0.1) is 19.6 Å². The number of hydrogen-bond acceptors (Lipinski definition) is 5. The molecule has 2 aromatic heterocycles. The Morgan fingerprint density at radius 3 is 3.09 bits per heavy atom. The van der Waals surface area contributed by atoms with Crippen LogP contribution in [0.25, 0.3) is 0 Å². The molecule has 0 spiro atoms. The minimum atomic E-state index is -0.258. The number of amides is 1. The van der Waals surface area contributed by atoms with E-state index < -0.39 is 0 Å². The number of aromatic nitrogens is 3. The number of carbonyl (C=O) groups is 1. The Kier molecular flexibility index (Phi) is 4.39. The molecule has 3 rings (SSSR count). The smallest absolute Gasteiger partial charge is 0.227 e. The lowest BCUT2D eigenvalue weighted by atomic mass is 10.1. The molecular weight excluding hydrogens is 280 g/mol. The van der Waals surface area contributed by atoms with Gasteiger partial charge in [0, 0.05) is 30.8 Å². The van der Waals surface area contributed by atoms with Gasteiger partial charge in [-0.15, -0.1) is 0 Å². The first-order valence-electron chi connectivity index (χ1n) is 7.30. The molecule has 0 saturated carbocycles. The van der Waals surface area contributed by atoms with Gasteiger partial charge in [0.15, 0.2) is 5.82 Å². The lowest BCUT2D eigenvalue weighted by Crippen LogP contribution is -2.43. The summed E-state index contributed by atoms with van der Waals surface area (Å²) in [5.74, 6) is 0.716. The molecule has 0 N–H and O–H groups in total. The van der Waals surface area contributed by atoms with Crippen molar-refractivity contribution in [2.75, 3.05) is 19.7 Å². The topological polar surface area (TPSA) is 68.2 Å². The van der Waals surface area contributed by atoms with Crippen molar-refractivity contribution in [1.29, 1.82) is 0 Å². The fourth-order valence-corrected chi connectivity index (χ4v) is 2.44. The minimum absolute atomic E-state index is 0.0777. The summed E-state index contributed by atoms with van der Waals surface area (Å²) in [6.45, 7) is 3.50. The zero-order valence-electron chi connectivity index (χ0n) is 12.5. The summed E-state index contributed by atoms with van der Waals surface area (Å²) in [4.78, 5) is 26.9. The van der Waals surface area contributed by atoms with Crippen molar-refractivity contribution in [2.45, 2.75) is 19.4 Å². The number of rotatable bonds is 3. The first kappa shape index (κ1) is 14.6. The van der Waals surface area contributed by atoms with Crippen molar-refractivity contribution in [3.63, 3.8) is 0 Å². The van der Waals surface area contributed by atoms with Crippen molar-refractivity contribution in [3.05, 3.63) is 53.9 Å². The monoisotopic (exact) mass is 298 g/mol. The Morgan fingerprint density at radius 1 is 1.41 bits per heavy atom. The molecule has 1 aliphatic rings. The maximum Gasteiger partial charge on any atom is 0.227 e. The Hall–Kier alpha value is -2.34. The third-order valence-electron chi connectivity index (χ3n) is 3.60. The van der Waals surface area contributed by atoms with Crippen molar-refractivity contribution in [2.24, 2.45) is 0 Å². The largest absolute Gasteiger partial charge is 0.367 e. The molecular formula is C16H18N4O2. The van der Waals surface area contributed by atoms with Gasteiger partial charge in [0.2, 0.25) is 5.91 Å². The van der Waals surface area contributed by atoms with Crippen LogP contribution >= 0.6 is 0 Å². The van der Waals surface area contributed by atoms with Crippen LogP contribution in [-0.2, 0) is 16.0 Å². The maximum absolute atomic E-state index is 12.4. The summed E-state index contributed by atoms with van der Waals surface area (Å²) in [5.41, 5.74) is 1.81. The molecule has 1 fully saturated rings. The highest BCUT2D eigenvalue weighted by Gasteiger charge is 2.27. The molecule has 0 aliphatic carbocycles. The van der Waals surface area contributed by atoms with Crippen LogP contribution in [0.4, 0.5) is 0 Å². The molecule has 114 valence electrons. The molecule has 1 aliphatic heterocycles. The number of nitrogens with zero attached hydrogens (tertiary/aromatic N) is 4. The molecule has 1 saturated heterocycles. The van der Waals surface area contributed by atoms with Crippen LogP contribution in [0, 0.1) is 6.92 Å². The quantitative estimate of drug-likeness (QED) is 0.855. The second-order valence-electron chi connectivity index (χ2n) is 5.29. The molecule has 1 atom stereocenters. The van der Waals surface area contributed by atoms with Gasteiger partial charge in [-0.2, -0.15) is 0 Å². The first-order chi connectivity index (χ1) is 10.7. The number of ether oxygens (including phenoxy) is 1. The molecule has 1 amide bonds. The molecule has 0 bridgehead atoms. The van der Waals surface area contributed by atoms with E-state index in [0.29, 0.717) is 31.9 Å². The third kappa shape index (κ3) is 3.46. The number of aryl methyl sites for hydroxylation is 1. The fraction of sp³-hybridized carbons (Fsp3) is 0.375. The Bertz CT molecular complexity index is 648. The summed E-state index contributed by atoms with van der Waals surface area (Å²) >= 11 is 0. The number of pyridine rings is 1. The lowest BCUT2D eigenvalue weighted by molar-refractivity contribution is -0.138. The maximum atomic E-state index is 12.4. The van der Waals surface area contributed by atoms with E-state index in [1.54, 1.807) is 18.6 Å². The van der Waals surface area contributed by atoms with E-state index in [1.807, 2.05) is 30.0 Å². The van der Waals surface area contributed by atoms with Gasteiger partial charge < -0.3 is 9.64 Å². The zero-order chi connectivity index (χ0) is 15.4. The summed E-state index contributed by atoms with van der Waals surface area (Å²) in [6, 6.07) is 5.59. The van der Waals surface area contributed by atoms with Crippen LogP contribution < -0.4 is 0 Å². The summed E-state index contributed by atoms with van der Waals surface area (Å²) in [6.07, 6.45) is 5.24. The van der Waals surface area contributed by atoms with Gasteiger partial charge in [0.25, 0.3) is 0 Å². The molecule has 6 nitrogen and oxygen atoms in total. The third-order valence-corrected chi connectivity index (χ3v) is 3.60. The molecule has 0 radical (unpaired) electrons. The van der Waals surface area contributed by atoms with Gasteiger partial charge in [-0.05, 0) is 24.6 Å². The van der Waals surface area contributed by atoms with Crippen LogP contribution in [0.1, 0.15) is 23.2 Å². The van der Waals surface area contributed by atoms with Crippen LogP contribution in [-0.4, -0.2) is 45.5 Å². The van der Waals surface area contributed by atoms with Crippen LogP contribution in [0.2, 0.25) is 0 Å². The lowest BCUT2D eigenvalue weighted by Gasteiger charge is -2.32. The Labute approximate surface area is 129 Å². The van der Waals surface area contributed by atoms with Gasteiger partial charge in [-0.25, -0.2) is 9.97 Å². The van der Waals surface area contributed by atoms with Crippen LogP contribution in [0.5, 0.6) is 0 Å². The number of hydrogen-bond donors (Lipinski definition) is 0. The Balaban J connectivity index is 1.66. The summed E-state index contributed by atoms with van der Waals surface area (Å²) in [7, 11) is 0. The van der Waals surface area contributed by atoms with E-state index in [-0.39, 0.29) is 12.0 Å². The van der Waals surface area contributed by atoms with Crippen molar-refractivity contribution < 1.29 is 9.53 Å². The molecule has 1 unspecified atom stereocenters. The van der Waals surface area contributed by atoms with E-state index in [0.717, 1.165) is 11.3 Å². The van der Waals surface area contributed by atoms with Gasteiger partial charge >= 0.3 is 0 Å². The Morgan fingerprint density at radius 2 is 2.32 bits per heavy atom. The van der Waals surface area contributed by atoms with Crippen LogP contribution in [0.15, 0.2) is 36.8 Å². The summed E-state index contributed by atoms with van der Waals surface area (Å²) in [5, 5.41) is 0. The van der Waals surface area contributed by atoms with E-state index in [2.05, 4.69) is 15.0 Å². The standard InChI is InChI=1S/C16H18N4O2/c1-12-4-6-18-16(19-12)14-11-20(7-8-22-14)15(21)9-13-3-2-5-17-10-13/h2-6,10,14H,7-9,11H2,1H3. The zero-order valence-corrected chi connectivity index (χ0v) is 12.5. The molecule has 0 aromatic carbocycles. The van der Waals surface area contributed by atoms with E-state index in [4.69, 9.17) is 4.74 Å². The van der Waals surface area contributed by atoms with Crippen molar-refractivity contribution >= 4 is 5.91 Å². The highest BCUT2D eigenvalue weighted by Crippen LogP contribution is 2.19. The molecule has 2 aromatic rings. The summed E-state index contributed by atoms with van der Waals surface area (Å²) < 4.78 is 5.72. The molecule has 6 heteroatoms. The van der Waals surface area contributed by atoms with E-state index >= 15 is 0 Å². The van der Waals surface area contributed by atoms with Crippen LogP contribution in [0.3, 0.4) is 0 Å². The van der Waals surface area contributed by atoms with Crippen molar-refractivity contribution in [1.82, 2.24) is 19.9 Å². The second-order valence-corrected chi connectivity index (χ2v) is 5.29. The average Bonchev–Trinajstić information content (AvgIpc) is 2.56. The number of morpholine rings is 1. The second kappa shape index (κ2) is 6.62. The molecule has 22 heavy (non-hydrogen) atoms. The highest BCUT2D eigenvalue weighted by atomic mass is 16.5. The average molecular weight is 298 g/mol. The SMILES string of the molecule is Cc1ccnc(C2CN(C(=O)Cc3cccnc3)CCO2)n1. The predicted octanol–water partition coefficient (Wildman–Crippen LogP) is 1.32. The van der Waals surface area contributed by atoms with E-state index in [9.17, 15) is 4.79 Å². The van der Waals surface area contributed by atoms with Gasteiger partial charge in [-0.1, -0.05) is 6.07 Å². The number of carbonyl (C=O) groups excluding carboxylic acids is 1. The van der Waals surface area contributed by atoms with E-state index in [1.165, 1.54) is 0 Å². The van der Waals surface area contributed by atoms with Gasteiger partial charge in [-0.3, -0.25) is 9.78 Å². The molecule has 3 heterocycles. The van der Waals surface area contributed by atoms with Gasteiger partial charge in [0.1, 0.15) is 6.10 Å². The normalized spacial score (nSPS) is 18.2. The van der Waals surface area contributed by atoms with Crippen molar-refractivity contribution in [3.8, 4) is 0 Å². The minimum Gasteiger partial charge on any atom is -0.367 e.